The fourth-order valence-corrected chi connectivity index (χ4v) is 21.8. The summed E-state index contributed by atoms with van der Waals surface area (Å²) >= 11 is -2.68. The van der Waals surface area contributed by atoms with E-state index in [1.165, 1.54) is 68.2 Å². The third-order valence-electron chi connectivity index (χ3n) is 9.33. The summed E-state index contributed by atoms with van der Waals surface area (Å²) in [4.78, 5) is 33.6. The molecule has 0 aromatic carbocycles. The molecule has 0 radical (unpaired) electrons. The number of pyridine rings is 3. The number of unbranched alkanes of at least 4 members (excludes halogenated alkanes) is 3. The number of halogens is 6. The van der Waals surface area contributed by atoms with E-state index < -0.39 is 47.9 Å². The van der Waals surface area contributed by atoms with E-state index >= 15 is 0 Å². The molecule has 16 heteroatoms. The molecule has 9 nitrogen and oxygen atoms in total. The Morgan fingerprint density at radius 3 is 1.81 bits per heavy atom. The summed E-state index contributed by atoms with van der Waals surface area (Å²) in [7, 11) is 0. The number of nitrogens with one attached hydrogen (secondary N) is 1. The molecule has 52 heavy (non-hydrogen) atoms. The Labute approximate surface area is 303 Å². The maximum Gasteiger partial charge on any atom is 0.417 e. The number of amides is 1. The van der Waals surface area contributed by atoms with Crippen molar-refractivity contribution in [3.63, 3.8) is 0 Å². The second-order valence-corrected chi connectivity index (χ2v) is 26.1. The predicted octanol–water partition coefficient (Wildman–Crippen LogP) is 9.43. The van der Waals surface area contributed by atoms with Crippen molar-refractivity contribution in [3.8, 4) is 11.3 Å². The molecular weight excluding hydrogens is 795 g/mol. The summed E-state index contributed by atoms with van der Waals surface area (Å²) in [5.74, 6) is 0.431. The number of nitrogens with zero attached hydrogens (tertiary/aromatic N) is 6. The predicted molar refractivity (Wildman–Crippen MR) is 191 cm³/mol. The largest absolute Gasteiger partial charge is 0.465 e. The molecule has 4 aromatic rings. The zero-order chi connectivity index (χ0) is 37.9. The molecule has 1 amide bonds. The maximum absolute atomic E-state index is 12.8. The van der Waals surface area contributed by atoms with Gasteiger partial charge in [-0.1, -0.05) is 0 Å². The van der Waals surface area contributed by atoms with Gasteiger partial charge in [0.25, 0.3) is 0 Å². The van der Waals surface area contributed by atoms with Crippen molar-refractivity contribution in [2.24, 2.45) is 0 Å². The molecular formula is C36H45F6N7O2Sn. The summed E-state index contributed by atoms with van der Waals surface area (Å²) in [6.07, 6.45) is 4.15. The quantitative estimate of drug-likeness (QED) is 0.101. The second kappa shape index (κ2) is 18.3. The molecule has 1 atom stereocenters. The number of hydrogen-bond acceptors (Lipinski definition) is 7. The van der Waals surface area contributed by atoms with E-state index in [0.29, 0.717) is 47.6 Å². The van der Waals surface area contributed by atoms with E-state index in [1.807, 2.05) is 0 Å². The molecule has 1 saturated heterocycles. The van der Waals surface area contributed by atoms with Crippen LogP contribution in [-0.4, -0.2) is 78.5 Å². The minimum absolute atomic E-state index is 0.126. The smallest absolute Gasteiger partial charge is 0.417 e. The van der Waals surface area contributed by atoms with E-state index in [1.54, 1.807) is 6.07 Å². The Bertz CT molecular complexity index is 1720. The van der Waals surface area contributed by atoms with E-state index in [0.717, 1.165) is 41.4 Å². The van der Waals surface area contributed by atoms with Crippen molar-refractivity contribution >= 4 is 45.0 Å². The third-order valence-corrected chi connectivity index (χ3v) is 24.5. The van der Waals surface area contributed by atoms with Gasteiger partial charge < -0.3 is 15.3 Å². The SMILES string of the molecule is CCC[CH2][Sn]([CH2]CCC)([CH2]CCC)[c]1ccc(C(F)(F)F)cn1.O=C(O)N1CC[C@H](Nc2ncc(-c3ccc(C(F)(F)F)cn3)c3nccnc23)C1. The topological polar surface area (TPSA) is 117 Å². The van der Waals surface area contributed by atoms with Crippen LogP contribution < -0.4 is 9.03 Å². The molecule has 0 unspecified atom stereocenters. The first kappa shape index (κ1) is 41.0. The van der Waals surface area contributed by atoms with Crippen LogP contribution in [0.5, 0.6) is 0 Å². The average molecular weight is 841 g/mol. The molecule has 0 bridgehead atoms. The van der Waals surface area contributed by atoms with Crippen LogP contribution in [0.3, 0.4) is 0 Å². The minimum atomic E-state index is -4.47. The first-order chi connectivity index (χ1) is 24.7. The van der Waals surface area contributed by atoms with Gasteiger partial charge in [0.05, 0.1) is 11.3 Å². The molecule has 282 valence electrons. The Morgan fingerprint density at radius 2 is 1.35 bits per heavy atom. The number of hydrogen-bond donors (Lipinski definition) is 2. The van der Waals surface area contributed by atoms with Crippen molar-refractivity contribution in [2.45, 2.75) is 97.4 Å². The summed E-state index contributed by atoms with van der Waals surface area (Å²) in [5.41, 5.74) is 0.146. The molecule has 0 saturated carbocycles. The monoisotopic (exact) mass is 841 g/mol. The van der Waals surface area contributed by atoms with Crippen molar-refractivity contribution < 1.29 is 36.2 Å². The van der Waals surface area contributed by atoms with E-state index in [9.17, 15) is 31.1 Å². The van der Waals surface area contributed by atoms with Gasteiger partial charge in [-0.15, -0.1) is 0 Å². The van der Waals surface area contributed by atoms with Gasteiger partial charge in [0.15, 0.2) is 5.82 Å². The molecule has 0 aliphatic carbocycles. The first-order valence-corrected chi connectivity index (χ1v) is 25.1. The minimum Gasteiger partial charge on any atom is -0.465 e. The van der Waals surface area contributed by atoms with Gasteiger partial charge in [0, 0.05) is 49.5 Å². The number of fused-ring (bicyclic) bond motifs is 1. The van der Waals surface area contributed by atoms with Crippen molar-refractivity contribution in [3.05, 3.63) is 66.4 Å². The zero-order valence-electron chi connectivity index (χ0n) is 29.6. The van der Waals surface area contributed by atoms with Crippen LogP contribution in [0, 0.1) is 0 Å². The fraction of sp³-hybridized carbons (Fsp3) is 0.500. The van der Waals surface area contributed by atoms with Gasteiger partial charge in [-0.05, 0) is 18.6 Å². The number of anilines is 1. The van der Waals surface area contributed by atoms with Gasteiger partial charge in [-0.2, -0.15) is 13.2 Å². The van der Waals surface area contributed by atoms with Crippen LogP contribution in [-0.2, 0) is 12.4 Å². The first-order valence-electron chi connectivity index (χ1n) is 17.6. The molecule has 5 rings (SSSR count). The van der Waals surface area contributed by atoms with Crippen LogP contribution in [0.2, 0.25) is 13.3 Å². The van der Waals surface area contributed by atoms with E-state index in [4.69, 9.17) is 5.11 Å². The molecule has 5 heterocycles. The third kappa shape index (κ3) is 10.7. The van der Waals surface area contributed by atoms with Crippen LogP contribution >= 0.6 is 0 Å². The van der Waals surface area contributed by atoms with Crippen LogP contribution in [0.15, 0.2) is 55.2 Å². The Morgan fingerprint density at radius 1 is 0.788 bits per heavy atom. The van der Waals surface area contributed by atoms with Gasteiger partial charge in [0.2, 0.25) is 0 Å². The number of rotatable bonds is 13. The second-order valence-electron chi connectivity index (χ2n) is 13.1. The molecule has 4 aromatic heterocycles. The van der Waals surface area contributed by atoms with Gasteiger partial charge in [-0.25, -0.2) is 14.8 Å². The summed E-state index contributed by atoms with van der Waals surface area (Å²) in [6.45, 7) is 7.31. The normalized spacial score (nSPS) is 15.0. The van der Waals surface area contributed by atoms with Crippen molar-refractivity contribution in [2.75, 3.05) is 18.4 Å². The molecule has 0 spiro atoms. The standard InChI is InChI=1S/C18H15F3N6O2.C6H3F3N.3C4H9.Sn/c19-18(20,21)10-1-2-13(24-7-10)12-8-25-16(15-14(12)22-4-5-23-15)26-11-3-6-27(9-11)17(28)29;7-6(8,9)5-2-1-3-10-4-5;3*1-3-4-2;/h1-2,4-5,7-8,11H,3,6,9H2,(H,25,26)(H,28,29);1-2,4H;3*1,3-4H2,2H3;/t11-;;;;;/m0...../s1. The van der Waals surface area contributed by atoms with Crippen molar-refractivity contribution in [1.82, 2.24) is 29.8 Å². The van der Waals surface area contributed by atoms with Crippen LogP contribution in [0.1, 0.15) is 76.8 Å². The summed E-state index contributed by atoms with van der Waals surface area (Å²) < 4.78 is 81.5. The zero-order valence-corrected chi connectivity index (χ0v) is 32.4. The van der Waals surface area contributed by atoms with Crippen LogP contribution in [0.25, 0.3) is 22.3 Å². The molecule has 1 aliphatic rings. The number of aromatic nitrogens is 5. The van der Waals surface area contributed by atoms with E-state index in [2.05, 4.69) is 51.0 Å². The van der Waals surface area contributed by atoms with Crippen LogP contribution in [0.4, 0.5) is 37.0 Å². The van der Waals surface area contributed by atoms with Gasteiger partial charge >= 0.3 is 155 Å². The maximum atomic E-state index is 12.8. The molecule has 2 N–H and O–H groups in total. The number of likely N-dealkylation sites (tertiary alicyclic amines) is 1. The fourth-order valence-electron chi connectivity index (χ4n) is 6.40. The van der Waals surface area contributed by atoms with Gasteiger partial charge in [-0.3, -0.25) is 9.97 Å². The Hall–Kier alpha value is -3.76. The average Bonchev–Trinajstić information content (AvgIpc) is 3.60. The summed E-state index contributed by atoms with van der Waals surface area (Å²) in [5, 5.41) is 12.3. The van der Waals surface area contributed by atoms with Crippen molar-refractivity contribution in [1.29, 1.82) is 0 Å². The number of alkyl halides is 6. The number of carboxylic acid groups (broad SMARTS) is 1. The van der Waals surface area contributed by atoms with E-state index in [-0.39, 0.29) is 6.04 Å². The van der Waals surface area contributed by atoms with Gasteiger partial charge in [0.1, 0.15) is 11.0 Å². The summed E-state index contributed by atoms with van der Waals surface area (Å²) in [6, 6.07) is 5.05. The Balaban J connectivity index is 0.000000240. The molecule has 1 aliphatic heterocycles. The molecule has 1 fully saturated rings. The number of carbonyl (C=O) groups is 1. The Kier molecular flexibility index (Phi) is 14.4.